The highest BCUT2D eigenvalue weighted by Gasteiger charge is 2.05. The molecule has 3 nitrogen and oxygen atoms in total. The van der Waals surface area contributed by atoms with E-state index in [1.54, 1.807) is 37.1 Å². The van der Waals surface area contributed by atoms with Crippen LogP contribution in [0.4, 0.5) is 5.69 Å². The molecule has 0 amide bonds. The fourth-order valence-electron chi connectivity index (χ4n) is 1.87. The zero-order valence-electron chi connectivity index (χ0n) is 12.4. The highest BCUT2D eigenvalue weighted by Crippen LogP contribution is 2.27. The van der Waals surface area contributed by atoms with Gasteiger partial charge in [-0.15, -0.1) is 11.8 Å². The van der Waals surface area contributed by atoms with Crippen LogP contribution in [0.2, 0.25) is 5.02 Å². The van der Waals surface area contributed by atoms with Gasteiger partial charge in [-0.2, -0.15) is 0 Å². The van der Waals surface area contributed by atoms with Crippen molar-refractivity contribution in [3.05, 3.63) is 53.1 Å². The van der Waals surface area contributed by atoms with E-state index in [2.05, 4.69) is 41.2 Å². The average Bonchev–Trinajstić information content (AvgIpc) is 2.53. The summed E-state index contributed by atoms with van der Waals surface area (Å²) in [6, 6.07) is 13.7. The third kappa shape index (κ3) is 4.80. The van der Waals surface area contributed by atoms with Crippen LogP contribution >= 0.6 is 35.6 Å². The minimum absolute atomic E-state index is 0.523. The van der Waals surface area contributed by atoms with E-state index in [1.807, 2.05) is 0 Å². The maximum absolute atomic E-state index is 6.00. The minimum Gasteiger partial charge on any atom is -0.495 e. The number of thiocarbonyl (C=S) groups is 1. The van der Waals surface area contributed by atoms with E-state index in [1.165, 1.54) is 10.5 Å². The average molecular weight is 353 g/mol. The number of ether oxygens (including phenoxy) is 1. The van der Waals surface area contributed by atoms with Crippen LogP contribution in [0.25, 0.3) is 0 Å². The Morgan fingerprint density at radius 2 is 1.95 bits per heavy atom. The standard InChI is InChI=1S/C16H17ClN2OS2/c1-20-15-8-5-12(17)9-14(15)19-16(21)18-10-11-3-6-13(22-2)7-4-11/h3-9H,10H2,1-2H3,(H2,18,19,21). The van der Waals surface area contributed by atoms with Crippen molar-refractivity contribution in [3.63, 3.8) is 0 Å². The summed E-state index contributed by atoms with van der Waals surface area (Å²) in [4.78, 5) is 1.24. The minimum atomic E-state index is 0.523. The van der Waals surface area contributed by atoms with Crippen molar-refractivity contribution in [2.75, 3.05) is 18.7 Å². The first-order valence-corrected chi connectivity index (χ1v) is 8.65. The summed E-state index contributed by atoms with van der Waals surface area (Å²) in [6.45, 7) is 0.656. The first-order chi connectivity index (χ1) is 10.6. The molecule has 116 valence electrons. The van der Waals surface area contributed by atoms with Gasteiger partial charge < -0.3 is 15.4 Å². The predicted molar refractivity (Wildman–Crippen MR) is 99.3 cm³/mol. The molecular formula is C16H17ClN2OS2. The van der Waals surface area contributed by atoms with Gasteiger partial charge in [-0.3, -0.25) is 0 Å². The molecule has 22 heavy (non-hydrogen) atoms. The quantitative estimate of drug-likeness (QED) is 0.609. The number of benzene rings is 2. The van der Waals surface area contributed by atoms with Gasteiger partial charge in [-0.05, 0) is 54.4 Å². The summed E-state index contributed by atoms with van der Waals surface area (Å²) >= 11 is 13.0. The summed E-state index contributed by atoms with van der Waals surface area (Å²) in [6.07, 6.45) is 2.06. The third-order valence-electron chi connectivity index (χ3n) is 3.02. The van der Waals surface area contributed by atoms with Gasteiger partial charge in [0.1, 0.15) is 5.75 Å². The number of hydrogen-bond donors (Lipinski definition) is 2. The normalized spacial score (nSPS) is 10.1. The zero-order chi connectivity index (χ0) is 15.9. The molecule has 2 rings (SSSR count). The lowest BCUT2D eigenvalue weighted by molar-refractivity contribution is 0.417. The van der Waals surface area contributed by atoms with E-state index in [9.17, 15) is 0 Å². The van der Waals surface area contributed by atoms with E-state index in [0.717, 1.165) is 5.69 Å². The molecule has 0 bridgehead atoms. The van der Waals surface area contributed by atoms with Crippen molar-refractivity contribution in [2.45, 2.75) is 11.4 Å². The molecule has 0 fully saturated rings. The Bertz CT molecular complexity index is 647. The Morgan fingerprint density at radius 3 is 2.59 bits per heavy atom. The predicted octanol–water partition coefficient (Wildman–Crippen LogP) is 4.56. The Labute approximate surface area is 145 Å². The molecule has 0 saturated carbocycles. The summed E-state index contributed by atoms with van der Waals surface area (Å²) < 4.78 is 5.28. The molecule has 0 aliphatic carbocycles. The fourth-order valence-corrected chi connectivity index (χ4v) is 2.63. The second kappa shape index (κ2) is 8.27. The fraction of sp³-hybridized carbons (Fsp3) is 0.188. The monoisotopic (exact) mass is 352 g/mol. The summed E-state index contributed by atoms with van der Waals surface area (Å²) in [5, 5.41) is 7.42. The number of methoxy groups -OCH3 is 1. The first kappa shape index (κ1) is 16.9. The zero-order valence-corrected chi connectivity index (χ0v) is 14.7. The Hall–Kier alpha value is -1.43. The van der Waals surface area contributed by atoms with Gasteiger partial charge >= 0.3 is 0 Å². The van der Waals surface area contributed by atoms with Gasteiger partial charge in [-0.25, -0.2) is 0 Å². The molecule has 0 aromatic heterocycles. The van der Waals surface area contributed by atoms with Gasteiger partial charge in [0.05, 0.1) is 12.8 Å². The van der Waals surface area contributed by atoms with Gasteiger partial charge in [0.2, 0.25) is 0 Å². The number of rotatable bonds is 5. The number of nitrogens with one attached hydrogen (secondary N) is 2. The smallest absolute Gasteiger partial charge is 0.171 e. The van der Waals surface area contributed by atoms with Crippen LogP contribution in [-0.4, -0.2) is 18.5 Å². The van der Waals surface area contributed by atoms with Crippen LogP contribution in [0.3, 0.4) is 0 Å². The molecule has 0 heterocycles. The van der Waals surface area contributed by atoms with Crippen LogP contribution in [0.5, 0.6) is 5.75 Å². The van der Waals surface area contributed by atoms with E-state index < -0.39 is 0 Å². The van der Waals surface area contributed by atoms with Crippen LogP contribution in [-0.2, 0) is 6.54 Å². The van der Waals surface area contributed by atoms with Crippen LogP contribution in [0.1, 0.15) is 5.56 Å². The molecule has 0 aliphatic heterocycles. The summed E-state index contributed by atoms with van der Waals surface area (Å²) in [5.41, 5.74) is 1.91. The molecule has 0 saturated heterocycles. The maximum Gasteiger partial charge on any atom is 0.171 e. The van der Waals surface area contributed by atoms with Crippen LogP contribution < -0.4 is 15.4 Å². The number of anilines is 1. The van der Waals surface area contributed by atoms with Crippen molar-refractivity contribution in [2.24, 2.45) is 0 Å². The molecule has 0 aliphatic rings. The molecule has 0 radical (unpaired) electrons. The summed E-state index contributed by atoms with van der Waals surface area (Å²) in [7, 11) is 1.61. The van der Waals surface area contributed by atoms with Gasteiger partial charge in [0.25, 0.3) is 0 Å². The Kier molecular flexibility index (Phi) is 6.36. The molecule has 0 unspecified atom stereocenters. The van der Waals surface area contributed by atoms with Crippen molar-refractivity contribution >= 4 is 46.4 Å². The number of hydrogen-bond acceptors (Lipinski definition) is 3. The van der Waals surface area contributed by atoms with E-state index in [-0.39, 0.29) is 0 Å². The van der Waals surface area contributed by atoms with Crippen molar-refractivity contribution in [3.8, 4) is 5.75 Å². The molecule has 6 heteroatoms. The lowest BCUT2D eigenvalue weighted by Gasteiger charge is -2.14. The molecule has 0 atom stereocenters. The van der Waals surface area contributed by atoms with E-state index in [0.29, 0.717) is 22.4 Å². The van der Waals surface area contributed by atoms with E-state index >= 15 is 0 Å². The Balaban J connectivity index is 1.94. The highest BCUT2D eigenvalue weighted by molar-refractivity contribution is 7.98. The van der Waals surface area contributed by atoms with Crippen LogP contribution in [0, 0.1) is 0 Å². The highest BCUT2D eigenvalue weighted by atomic mass is 35.5. The van der Waals surface area contributed by atoms with Crippen molar-refractivity contribution in [1.29, 1.82) is 0 Å². The molecular weight excluding hydrogens is 336 g/mol. The SMILES string of the molecule is COc1ccc(Cl)cc1NC(=S)NCc1ccc(SC)cc1. The number of halogens is 1. The lowest BCUT2D eigenvalue weighted by Crippen LogP contribution is -2.28. The van der Waals surface area contributed by atoms with E-state index in [4.69, 9.17) is 28.6 Å². The molecule has 0 spiro atoms. The van der Waals surface area contributed by atoms with Gasteiger partial charge in [-0.1, -0.05) is 23.7 Å². The Morgan fingerprint density at radius 1 is 1.23 bits per heavy atom. The first-order valence-electron chi connectivity index (χ1n) is 6.63. The second-order valence-electron chi connectivity index (χ2n) is 4.50. The third-order valence-corrected chi connectivity index (χ3v) is 4.25. The molecule has 2 aromatic carbocycles. The van der Waals surface area contributed by atoms with Gasteiger partial charge in [0.15, 0.2) is 5.11 Å². The van der Waals surface area contributed by atoms with Crippen molar-refractivity contribution in [1.82, 2.24) is 5.32 Å². The molecule has 2 aromatic rings. The summed E-state index contributed by atoms with van der Waals surface area (Å²) in [5.74, 6) is 0.692. The largest absolute Gasteiger partial charge is 0.495 e. The van der Waals surface area contributed by atoms with Gasteiger partial charge in [0, 0.05) is 16.5 Å². The number of thioether (sulfide) groups is 1. The van der Waals surface area contributed by atoms with Crippen LogP contribution in [0.15, 0.2) is 47.4 Å². The lowest BCUT2D eigenvalue weighted by atomic mass is 10.2. The second-order valence-corrected chi connectivity index (χ2v) is 6.22. The molecule has 2 N–H and O–H groups in total. The maximum atomic E-state index is 6.00. The topological polar surface area (TPSA) is 33.3 Å². The van der Waals surface area contributed by atoms with Crippen molar-refractivity contribution < 1.29 is 4.74 Å².